The molecule has 2 aromatic rings. The number of carboxylic acid groups (broad SMARTS) is 1. The summed E-state index contributed by atoms with van der Waals surface area (Å²) in [7, 11) is 0. The number of aliphatic carboxylic acids is 1. The fourth-order valence-electron chi connectivity index (χ4n) is 1.26. The maximum Gasteiger partial charge on any atom is 0.309 e. The molecular weight excluding hydrogens is 280 g/mol. The highest BCUT2D eigenvalue weighted by molar-refractivity contribution is 9.10. The van der Waals surface area contributed by atoms with Crippen LogP contribution in [0.15, 0.2) is 22.2 Å². The van der Waals surface area contributed by atoms with E-state index in [9.17, 15) is 4.79 Å². The Bertz CT molecular complexity index is 492. The van der Waals surface area contributed by atoms with Gasteiger partial charge in [0, 0.05) is 9.85 Å². The van der Waals surface area contributed by atoms with E-state index in [2.05, 4.69) is 25.9 Å². The van der Waals surface area contributed by atoms with Gasteiger partial charge >= 0.3 is 5.97 Å². The Labute approximate surface area is 98.1 Å². The van der Waals surface area contributed by atoms with Gasteiger partial charge in [0.1, 0.15) is 5.69 Å². The third-order valence-electron chi connectivity index (χ3n) is 1.85. The summed E-state index contributed by atoms with van der Waals surface area (Å²) in [6.07, 6.45) is 1.48. The van der Waals surface area contributed by atoms with E-state index in [0.29, 0.717) is 11.4 Å². The Morgan fingerprint density at radius 1 is 1.67 bits per heavy atom. The van der Waals surface area contributed by atoms with Crippen molar-refractivity contribution in [3.05, 3.63) is 27.9 Å². The number of nitrogens with one attached hydrogen (secondary N) is 1. The smallest absolute Gasteiger partial charge is 0.309 e. The number of halogens is 1. The lowest BCUT2D eigenvalue weighted by molar-refractivity contribution is -0.136. The molecule has 0 aromatic carbocycles. The van der Waals surface area contributed by atoms with E-state index in [0.717, 1.165) is 9.35 Å². The van der Waals surface area contributed by atoms with E-state index in [4.69, 9.17) is 5.11 Å². The van der Waals surface area contributed by atoms with Crippen molar-refractivity contribution in [2.75, 3.05) is 0 Å². The topological polar surface area (TPSA) is 66.0 Å². The fourth-order valence-corrected chi connectivity index (χ4v) is 2.71. The van der Waals surface area contributed by atoms with Gasteiger partial charge in [-0.2, -0.15) is 0 Å². The van der Waals surface area contributed by atoms with E-state index in [1.54, 1.807) is 0 Å². The van der Waals surface area contributed by atoms with Gasteiger partial charge in [0.15, 0.2) is 0 Å². The van der Waals surface area contributed by atoms with Crippen LogP contribution in [0.4, 0.5) is 0 Å². The van der Waals surface area contributed by atoms with Gasteiger partial charge in [0.05, 0.1) is 23.3 Å². The van der Waals surface area contributed by atoms with Crippen molar-refractivity contribution in [1.29, 1.82) is 0 Å². The molecule has 2 aromatic heterocycles. The van der Waals surface area contributed by atoms with Crippen LogP contribution >= 0.6 is 27.3 Å². The third-order valence-corrected chi connectivity index (χ3v) is 3.54. The number of imidazole rings is 1. The van der Waals surface area contributed by atoms with Crippen molar-refractivity contribution in [3.63, 3.8) is 0 Å². The van der Waals surface area contributed by atoms with E-state index >= 15 is 0 Å². The molecule has 2 N–H and O–H groups in total. The van der Waals surface area contributed by atoms with Crippen molar-refractivity contribution in [2.24, 2.45) is 0 Å². The number of H-pyrrole nitrogens is 1. The van der Waals surface area contributed by atoms with E-state index in [1.807, 2.05) is 11.4 Å². The second-order valence-corrected chi connectivity index (χ2v) is 4.76. The number of hydrogen-bond acceptors (Lipinski definition) is 3. The summed E-state index contributed by atoms with van der Waals surface area (Å²) < 4.78 is 0.978. The second kappa shape index (κ2) is 4.16. The summed E-state index contributed by atoms with van der Waals surface area (Å²) in [6.45, 7) is 0. The Morgan fingerprint density at radius 2 is 2.47 bits per heavy atom. The predicted octanol–water partition coefficient (Wildman–Crippen LogP) is 2.53. The van der Waals surface area contributed by atoms with E-state index < -0.39 is 5.97 Å². The van der Waals surface area contributed by atoms with E-state index in [-0.39, 0.29) is 6.42 Å². The number of rotatable bonds is 3. The third kappa shape index (κ3) is 2.27. The monoisotopic (exact) mass is 286 g/mol. The number of carbonyl (C=O) groups is 1. The van der Waals surface area contributed by atoms with Gasteiger partial charge in [0.25, 0.3) is 0 Å². The Balaban J connectivity index is 2.36. The lowest BCUT2D eigenvalue weighted by atomic mass is 10.2. The number of carboxylic acids is 1. The molecule has 0 fully saturated rings. The van der Waals surface area contributed by atoms with Gasteiger partial charge in [-0.15, -0.1) is 11.3 Å². The maximum atomic E-state index is 10.6. The molecule has 0 atom stereocenters. The van der Waals surface area contributed by atoms with Gasteiger partial charge in [-0.05, 0) is 22.0 Å². The molecule has 0 saturated carbocycles. The second-order valence-electron chi connectivity index (χ2n) is 2.93. The summed E-state index contributed by atoms with van der Waals surface area (Å²) in [5.74, 6) is -0.865. The van der Waals surface area contributed by atoms with Crippen LogP contribution in [0.5, 0.6) is 0 Å². The van der Waals surface area contributed by atoms with Crippen molar-refractivity contribution in [1.82, 2.24) is 9.97 Å². The minimum absolute atomic E-state index is 0.0369. The molecule has 78 valence electrons. The molecule has 0 unspecified atom stereocenters. The minimum Gasteiger partial charge on any atom is -0.481 e. The van der Waals surface area contributed by atoms with E-state index in [1.165, 1.54) is 17.7 Å². The average molecular weight is 287 g/mol. The van der Waals surface area contributed by atoms with Crippen LogP contribution in [0.1, 0.15) is 5.69 Å². The lowest BCUT2D eigenvalue weighted by Gasteiger charge is -1.96. The van der Waals surface area contributed by atoms with Crippen LogP contribution in [0, 0.1) is 0 Å². The van der Waals surface area contributed by atoms with Crippen molar-refractivity contribution < 1.29 is 9.90 Å². The fraction of sp³-hybridized carbons (Fsp3) is 0.111. The largest absolute Gasteiger partial charge is 0.481 e. The van der Waals surface area contributed by atoms with Gasteiger partial charge in [-0.25, -0.2) is 4.98 Å². The molecule has 0 saturated heterocycles. The zero-order chi connectivity index (χ0) is 10.8. The van der Waals surface area contributed by atoms with Crippen LogP contribution < -0.4 is 0 Å². The number of nitrogens with zero attached hydrogens (tertiary/aromatic N) is 1. The molecule has 2 heterocycles. The SMILES string of the molecule is O=C(O)Cc1[nH]cnc1-c1cc(Br)cs1. The van der Waals surface area contributed by atoms with Crippen molar-refractivity contribution in [3.8, 4) is 10.6 Å². The quantitative estimate of drug-likeness (QED) is 0.911. The number of thiophene rings is 1. The minimum atomic E-state index is -0.865. The van der Waals surface area contributed by atoms with Gasteiger partial charge < -0.3 is 10.1 Å². The van der Waals surface area contributed by atoms with Crippen LogP contribution in [0.25, 0.3) is 10.6 Å². The molecule has 0 aliphatic heterocycles. The molecule has 15 heavy (non-hydrogen) atoms. The summed E-state index contributed by atoms with van der Waals surface area (Å²) in [5, 5.41) is 10.6. The molecule has 0 amide bonds. The Hall–Kier alpha value is -1.14. The predicted molar refractivity (Wildman–Crippen MR) is 60.9 cm³/mol. The van der Waals surface area contributed by atoms with Gasteiger partial charge in [0.2, 0.25) is 0 Å². The molecule has 0 bridgehead atoms. The highest BCUT2D eigenvalue weighted by Crippen LogP contribution is 2.30. The zero-order valence-electron chi connectivity index (χ0n) is 7.53. The molecule has 0 radical (unpaired) electrons. The van der Waals surface area contributed by atoms with Crippen molar-refractivity contribution in [2.45, 2.75) is 6.42 Å². The van der Waals surface area contributed by atoms with Crippen LogP contribution in [0.3, 0.4) is 0 Å². The van der Waals surface area contributed by atoms with Crippen molar-refractivity contribution >= 4 is 33.2 Å². The molecular formula is C9H7BrN2O2S. The van der Waals surface area contributed by atoms with Gasteiger partial charge in [-0.1, -0.05) is 0 Å². The van der Waals surface area contributed by atoms with Crippen LogP contribution in [-0.4, -0.2) is 21.0 Å². The molecule has 6 heteroatoms. The number of aromatic nitrogens is 2. The first-order chi connectivity index (χ1) is 7.16. The zero-order valence-corrected chi connectivity index (χ0v) is 9.93. The highest BCUT2D eigenvalue weighted by Gasteiger charge is 2.12. The van der Waals surface area contributed by atoms with Gasteiger partial charge in [-0.3, -0.25) is 4.79 Å². The summed E-state index contributed by atoms with van der Waals surface area (Å²) in [6, 6.07) is 1.92. The lowest BCUT2D eigenvalue weighted by Crippen LogP contribution is -2.01. The first kappa shape index (κ1) is 10.4. The molecule has 0 aliphatic rings. The summed E-state index contributed by atoms with van der Waals surface area (Å²) in [4.78, 5) is 18.5. The summed E-state index contributed by atoms with van der Waals surface area (Å²) in [5.41, 5.74) is 1.35. The standard InChI is InChI=1S/C9H7BrN2O2S/c10-5-1-7(15-3-5)9-6(2-8(13)14)11-4-12-9/h1,3-4H,2H2,(H,11,12)(H,13,14). The number of hydrogen-bond donors (Lipinski definition) is 2. The Kier molecular flexibility index (Phi) is 2.88. The molecule has 0 spiro atoms. The van der Waals surface area contributed by atoms with Crippen LogP contribution in [-0.2, 0) is 11.2 Å². The van der Waals surface area contributed by atoms with Crippen LogP contribution in [0.2, 0.25) is 0 Å². The molecule has 0 aliphatic carbocycles. The highest BCUT2D eigenvalue weighted by atomic mass is 79.9. The first-order valence-electron chi connectivity index (χ1n) is 4.15. The molecule has 4 nitrogen and oxygen atoms in total. The normalized spacial score (nSPS) is 10.5. The molecule has 2 rings (SSSR count). The maximum absolute atomic E-state index is 10.6. The first-order valence-corrected chi connectivity index (χ1v) is 5.82. The summed E-state index contributed by atoms with van der Waals surface area (Å²) >= 11 is 4.88. The average Bonchev–Trinajstić information content (AvgIpc) is 2.72. The number of aromatic amines is 1. The Morgan fingerprint density at radius 3 is 3.07 bits per heavy atom.